The van der Waals surface area contributed by atoms with E-state index in [0.717, 1.165) is 97.5 Å². The number of carbonyl (C=O) groups is 4. The van der Waals surface area contributed by atoms with E-state index >= 15 is 0 Å². The van der Waals surface area contributed by atoms with Gasteiger partial charge in [-0.3, -0.25) is 42.8 Å². The van der Waals surface area contributed by atoms with Crippen molar-refractivity contribution in [2.45, 2.75) is 92.0 Å². The number of Topliss-reactive ketones (excluding diaryl/α,β-unsaturated/α-hetero) is 2. The number of aryl methyl sites for hydroxylation is 2. The summed E-state index contributed by atoms with van der Waals surface area (Å²) in [6.45, 7) is 16.9. The Morgan fingerprint density at radius 1 is 0.800 bits per heavy atom. The lowest BCUT2D eigenvalue weighted by Crippen LogP contribution is -2.48. The van der Waals surface area contributed by atoms with Crippen LogP contribution >= 0.6 is 0 Å². The lowest BCUT2D eigenvalue weighted by molar-refractivity contribution is -0.122. The molecule has 0 bridgehead atoms. The van der Waals surface area contributed by atoms with Crippen molar-refractivity contribution in [1.82, 2.24) is 44.3 Å². The molecule has 8 rings (SSSR count). The molecule has 1 fully saturated rings. The number of unbranched alkanes of at least 4 members (excludes halogenated alkanes) is 2. The van der Waals surface area contributed by atoms with Crippen LogP contribution in [0.25, 0.3) is 33.1 Å². The van der Waals surface area contributed by atoms with E-state index in [9.17, 15) is 24.0 Å². The Labute approximate surface area is 468 Å². The number of hydrogen-bond acceptors (Lipinski definition) is 14. The molecule has 426 valence electrons. The Morgan fingerprint density at radius 3 is 2.21 bits per heavy atom. The van der Waals surface area contributed by atoms with E-state index in [1.807, 2.05) is 73.9 Å². The summed E-state index contributed by atoms with van der Waals surface area (Å²) in [7, 11) is 5.37. The van der Waals surface area contributed by atoms with Crippen molar-refractivity contribution in [3.05, 3.63) is 106 Å². The standard InChI is InChI=1S/C61H79N11O8/c1-9-25-78-46-31-47(33-48(32-46)80-57-35-55-54(34-52(57)62)68(7)61(77)69(55)8)79-26-13-12-19-67(6)39-45(73)14-10-11-15-59(75)63-18-20-70-21-23-71(24-22-70)58-17-16-43(36-64-58)44-29-49(51-38-66-72(40(2)3)53(51)30-44)60(76)65-37-50-42(5)27-41(4)28-56(50)74/h16-17,27,29-36,38,40H,9-15,18-26,28,37,39,62H2,1-8H3,(H,63,75)(H,65,76). The van der Waals surface area contributed by atoms with E-state index in [2.05, 4.69) is 45.4 Å². The number of allylic oxidation sites excluding steroid dienone is 3. The van der Waals surface area contributed by atoms with Crippen LogP contribution in [0.3, 0.4) is 0 Å². The number of hydrogen-bond donors (Lipinski definition) is 3. The van der Waals surface area contributed by atoms with Crippen molar-refractivity contribution < 1.29 is 33.4 Å². The third kappa shape index (κ3) is 14.7. The van der Waals surface area contributed by atoms with Crippen LogP contribution in [0.15, 0.2) is 94.6 Å². The fourth-order valence-electron chi connectivity index (χ4n) is 10.4. The second-order valence-electron chi connectivity index (χ2n) is 21.6. The van der Waals surface area contributed by atoms with Crippen LogP contribution in [0.5, 0.6) is 23.0 Å². The molecule has 19 nitrogen and oxygen atoms in total. The Kier molecular flexibility index (Phi) is 19.6. The lowest BCUT2D eigenvalue weighted by Gasteiger charge is -2.35. The Balaban J connectivity index is 0.703. The minimum absolute atomic E-state index is 0.00404. The second kappa shape index (κ2) is 26.9. The molecule has 19 heteroatoms. The lowest BCUT2D eigenvalue weighted by atomic mass is 9.92. The maximum absolute atomic E-state index is 13.8. The summed E-state index contributed by atoms with van der Waals surface area (Å²) >= 11 is 0. The summed E-state index contributed by atoms with van der Waals surface area (Å²) in [6, 6.07) is 17.0. The average Bonchev–Trinajstić information content (AvgIpc) is 4.00. The number of pyridine rings is 1. The number of nitrogen functional groups attached to an aromatic ring is 1. The number of anilines is 2. The quantitative estimate of drug-likeness (QED) is 0.0328. The van der Waals surface area contributed by atoms with Gasteiger partial charge in [0.15, 0.2) is 11.5 Å². The Bertz CT molecular complexity index is 3330. The molecule has 1 saturated heterocycles. The molecular weight excluding hydrogens is 1010 g/mol. The smallest absolute Gasteiger partial charge is 0.328 e. The van der Waals surface area contributed by atoms with Crippen LogP contribution in [-0.2, 0) is 28.5 Å². The minimum Gasteiger partial charge on any atom is -0.493 e. The highest BCUT2D eigenvalue weighted by Crippen LogP contribution is 2.36. The largest absolute Gasteiger partial charge is 0.493 e. The SMILES string of the molecule is CCCOc1cc(OCCCCN(C)CC(=O)CCCCC(=O)NCCN2CCN(c3ccc(-c4cc(C(=O)NCC5=C(C)C=C(C)CC5=O)c5cnn(C(C)C)c5c4)cn3)CC2)cc(Oc2cc3c(cc2N)n(C)c(=O)n3C)c1. The van der Waals surface area contributed by atoms with Crippen molar-refractivity contribution in [2.75, 3.05) is 89.8 Å². The number of ketones is 2. The van der Waals surface area contributed by atoms with Crippen molar-refractivity contribution >= 4 is 56.8 Å². The van der Waals surface area contributed by atoms with Gasteiger partial charge >= 0.3 is 5.69 Å². The maximum Gasteiger partial charge on any atom is 0.328 e. The number of ether oxygens (including phenoxy) is 3. The average molecular weight is 1090 g/mol. The van der Waals surface area contributed by atoms with E-state index < -0.39 is 0 Å². The molecular formula is C61H79N11O8. The zero-order chi connectivity index (χ0) is 57.0. The van der Waals surface area contributed by atoms with Crippen LogP contribution in [0.2, 0.25) is 0 Å². The number of nitrogens with one attached hydrogen (secondary N) is 2. The maximum atomic E-state index is 13.8. The number of piperazine rings is 1. The van der Waals surface area contributed by atoms with Gasteiger partial charge in [0.2, 0.25) is 5.91 Å². The molecule has 0 saturated carbocycles. The van der Waals surface area contributed by atoms with Gasteiger partial charge in [0.1, 0.15) is 28.8 Å². The monoisotopic (exact) mass is 1090 g/mol. The number of carbonyl (C=O) groups excluding carboxylic acids is 4. The van der Waals surface area contributed by atoms with Gasteiger partial charge in [0, 0.05) is 132 Å². The van der Waals surface area contributed by atoms with E-state index in [1.165, 1.54) is 0 Å². The zero-order valence-electron chi connectivity index (χ0n) is 47.9. The number of aromatic nitrogens is 5. The number of nitrogens with two attached hydrogens (primary N) is 1. The van der Waals surface area contributed by atoms with E-state index in [1.54, 1.807) is 53.7 Å². The van der Waals surface area contributed by atoms with E-state index in [4.69, 9.17) is 24.9 Å². The molecule has 1 aliphatic carbocycles. The highest BCUT2D eigenvalue weighted by atomic mass is 16.5. The first-order valence-electron chi connectivity index (χ1n) is 28.1. The highest BCUT2D eigenvalue weighted by molar-refractivity contribution is 6.09. The molecule has 0 atom stereocenters. The highest BCUT2D eigenvalue weighted by Gasteiger charge is 2.23. The molecule has 0 spiro atoms. The van der Waals surface area contributed by atoms with Gasteiger partial charge in [0.25, 0.3) is 5.91 Å². The molecule has 3 aromatic carbocycles. The predicted octanol–water partition coefficient (Wildman–Crippen LogP) is 8.16. The molecule has 3 aromatic heterocycles. The topological polar surface area (TPSA) is 213 Å². The Morgan fingerprint density at radius 2 is 1.51 bits per heavy atom. The minimum atomic E-state index is -0.262. The van der Waals surface area contributed by atoms with Crippen molar-refractivity contribution in [1.29, 1.82) is 0 Å². The van der Waals surface area contributed by atoms with Gasteiger partial charge in [-0.1, -0.05) is 18.6 Å². The first kappa shape index (κ1) is 58.4. The molecule has 1 aliphatic heterocycles. The van der Waals surface area contributed by atoms with Gasteiger partial charge < -0.3 is 35.5 Å². The first-order valence-corrected chi connectivity index (χ1v) is 28.1. The fourth-order valence-corrected chi connectivity index (χ4v) is 10.4. The molecule has 2 amide bonds. The summed E-state index contributed by atoms with van der Waals surface area (Å²) in [5.74, 6) is 2.96. The summed E-state index contributed by atoms with van der Waals surface area (Å²) in [5.41, 5.74) is 13.6. The number of imidazole rings is 1. The third-order valence-corrected chi connectivity index (χ3v) is 14.8. The molecule has 2 aliphatic rings. The number of amides is 2. The number of fused-ring (bicyclic) bond motifs is 2. The fraction of sp³-hybridized carbons (Fsp3) is 0.459. The van der Waals surface area contributed by atoms with Crippen molar-refractivity contribution in [2.24, 2.45) is 14.1 Å². The Hall–Kier alpha value is -7.77. The number of likely N-dealkylation sites (N-methyl/N-ethyl adjacent to an activating group) is 1. The molecule has 4 N–H and O–H groups in total. The van der Waals surface area contributed by atoms with Crippen LogP contribution in [0, 0.1) is 0 Å². The summed E-state index contributed by atoms with van der Waals surface area (Å²) in [4.78, 5) is 76.1. The normalized spacial score (nSPS) is 14.2. The number of rotatable bonds is 27. The van der Waals surface area contributed by atoms with Gasteiger partial charge in [-0.2, -0.15) is 5.10 Å². The molecule has 0 radical (unpaired) electrons. The summed E-state index contributed by atoms with van der Waals surface area (Å²) < 4.78 is 23.3. The predicted molar refractivity (Wildman–Crippen MR) is 314 cm³/mol. The second-order valence-corrected chi connectivity index (χ2v) is 21.6. The van der Waals surface area contributed by atoms with Crippen LogP contribution < -0.4 is 41.2 Å². The summed E-state index contributed by atoms with van der Waals surface area (Å²) in [6.07, 6.45) is 10.6. The zero-order valence-corrected chi connectivity index (χ0v) is 47.9. The molecule has 6 aromatic rings. The van der Waals surface area contributed by atoms with Gasteiger partial charge in [-0.25, -0.2) is 9.78 Å². The summed E-state index contributed by atoms with van der Waals surface area (Å²) in [5, 5.41) is 11.4. The van der Waals surface area contributed by atoms with Crippen LogP contribution in [0.4, 0.5) is 11.5 Å². The van der Waals surface area contributed by atoms with E-state index in [0.29, 0.717) is 109 Å². The number of benzene rings is 3. The molecule has 0 unspecified atom stereocenters. The van der Waals surface area contributed by atoms with Gasteiger partial charge in [0.05, 0.1) is 53.8 Å². The van der Waals surface area contributed by atoms with Crippen molar-refractivity contribution in [3.63, 3.8) is 0 Å². The van der Waals surface area contributed by atoms with Gasteiger partial charge in [-0.05, 0) is 115 Å². The molecule has 4 heterocycles. The number of nitrogens with zero attached hydrogens (tertiary/aromatic N) is 8. The van der Waals surface area contributed by atoms with Crippen molar-refractivity contribution in [3.8, 4) is 34.1 Å². The van der Waals surface area contributed by atoms with E-state index in [-0.39, 0.29) is 41.7 Å². The third-order valence-electron chi connectivity index (χ3n) is 14.8. The van der Waals surface area contributed by atoms with Crippen LogP contribution in [0.1, 0.15) is 102 Å². The molecule has 80 heavy (non-hydrogen) atoms. The van der Waals surface area contributed by atoms with Gasteiger partial charge in [-0.15, -0.1) is 0 Å². The van der Waals surface area contributed by atoms with Crippen LogP contribution in [-0.4, -0.2) is 136 Å². The first-order chi connectivity index (χ1) is 38.5.